The lowest BCUT2D eigenvalue weighted by molar-refractivity contribution is -0.198. The van der Waals surface area contributed by atoms with E-state index in [2.05, 4.69) is 16.2 Å². The monoisotopic (exact) mass is 289 g/mol. The summed E-state index contributed by atoms with van der Waals surface area (Å²) in [6.45, 7) is 4.59. The predicted molar refractivity (Wildman–Crippen MR) is 62.6 cm³/mol. The number of carbonyl (C=O) groups excluding carboxylic acids is 4. The van der Waals surface area contributed by atoms with Crippen molar-refractivity contribution in [3.8, 4) is 0 Å². The number of nitrogens with zero attached hydrogens (tertiary/aromatic N) is 1. The SMILES string of the molecule is C=C(C)C(=O)OCCC(=O)ON1C(=O)CC(Cl)C1=O. The van der Waals surface area contributed by atoms with Gasteiger partial charge in [-0.05, 0) is 6.92 Å². The first-order chi connectivity index (χ1) is 8.82. The van der Waals surface area contributed by atoms with Crippen molar-refractivity contribution >= 4 is 35.4 Å². The number of hydroxylamine groups is 2. The molecule has 1 rings (SSSR count). The summed E-state index contributed by atoms with van der Waals surface area (Å²) in [5, 5.41) is -0.679. The fourth-order valence-corrected chi connectivity index (χ4v) is 1.39. The van der Waals surface area contributed by atoms with Crippen LogP contribution in [0.5, 0.6) is 0 Å². The molecule has 0 spiro atoms. The van der Waals surface area contributed by atoms with Crippen LogP contribution in [-0.4, -0.2) is 40.8 Å². The predicted octanol–water partition coefficient (Wildman–Crippen LogP) is 0.320. The normalized spacial score (nSPS) is 18.4. The van der Waals surface area contributed by atoms with Crippen LogP contribution in [0.2, 0.25) is 0 Å². The van der Waals surface area contributed by atoms with Crippen molar-refractivity contribution in [1.82, 2.24) is 5.06 Å². The Labute approximate surface area is 114 Å². The highest BCUT2D eigenvalue weighted by Gasteiger charge is 2.40. The molecule has 0 bridgehead atoms. The molecule has 1 saturated heterocycles. The van der Waals surface area contributed by atoms with E-state index in [9.17, 15) is 19.2 Å². The van der Waals surface area contributed by atoms with Crippen molar-refractivity contribution in [3.63, 3.8) is 0 Å². The summed E-state index contributed by atoms with van der Waals surface area (Å²) in [6, 6.07) is 0. The zero-order valence-corrected chi connectivity index (χ0v) is 10.9. The first-order valence-corrected chi connectivity index (χ1v) is 5.81. The Bertz CT molecular complexity index is 446. The van der Waals surface area contributed by atoms with E-state index >= 15 is 0 Å². The van der Waals surface area contributed by atoms with Gasteiger partial charge in [0.2, 0.25) is 0 Å². The van der Waals surface area contributed by atoms with E-state index in [-0.39, 0.29) is 25.0 Å². The van der Waals surface area contributed by atoms with E-state index in [4.69, 9.17) is 11.6 Å². The molecule has 0 aromatic rings. The second kappa shape index (κ2) is 6.33. The van der Waals surface area contributed by atoms with Crippen LogP contribution in [0.3, 0.4) is 0 Å². The molecule has 1 heterocycles. The molecule has 1 fully saturated rings. The molecule has 1 atom stereocenters. The Morgan fingerprint density at radius 2 is 2.11 bits per heavy atom. The molecule has 19 heavy (non-hydrogen) atoms. The largest absolute Gasteiger partial charge is 0.462 e. The van der Waals surface area contributed by atoms with Gasteiger partial charge in [-0.25, -0.2) is 9.59 Å². The third-order valence-electron chi connectivity index (χ3n) is 2.13. The number of rotatable bonds is 5. The number of halogens is 1. The van der Waals surface area contributed by atoms with E-state index in [1.54, 1.807) is 0 Å². The Balaban J connectivity index is 2.36. The van der Waals surface area contributed by atoms with Gasteiger partial charge < -0.3 is 9.57 Å². The second-order valence-corrected chi connectivity index (χ2v) is 4.35. The number of ether oxygens (including phenoxy) is 1. The van der Waals surface area contributed by atoms with Crippen LogP contribution < -0.4 is 0 Å². The average molecular weight is 290 g/mol. The molecule has 0 aromatic heterocycles. The summed E-state index contributed by atoms with van der Waals surface area (Å²) in [5.74, 6) is -2.97. The van der Waals surface area contributed by atoms with Crippen LogP contribution in [0.25, 0.3) is 0 Å². The van der Waals surface area contributed by atoms with Gasteiger partial charge in [-0.1, -0.05) is 6.58 Å². The van der Waals surface area contributed by atoms with Crippen molar-refractivity contribution in [3.05, 3.63) is 12.2 Å². The highest BCUT2D eigenvalue weighted by molar-refractivity contribution is 6.35. The van der Waals surface area contributed by atoms with Crippen LogP contribution in [0.4, 0.5) is 0 Å². The molecular formula is C11H12ClNO6. The number of imide groups is 1. The summed E-state index contributed by atoms with van der Waals surface area (Å²) < 4.78 is 4.66. The van der Waals surface area contributed by atoms with Crippen LogP contribution >= 0.6 is 11.6 Å². The minimum atomic E-state index is -1.01. The van der Waals surface area contributed by atoms with Crippen LogP contribution in [0.15, 0.2) is 12.2 Å². The highest BCUT2D eigenvalue weighted by atomic mass is 35.5. The van der Waals surface area contributed by atoms with Crippen molar-refractivity contribution in [2.24, 2.45) is 0 Å². The van der Waals surface area contributed by atoms with Gasteiger partial charge in [-0.3, -0.25) is 9.59 Å². The number of hydrogen-bond donors (Lipinski definition) is 0. The Kier molecular flexibility index (Phi) is 5.05. The molecule has 0 N–H and O–H groups in total. The van der Waals surface area contributed by atoms with Gasteiger partial charge in [0.1, 0.15) is 12.0 Å². The first kappa shape index (κ1) is 15.2. The molecule has 7 nitrogen and oxygen atoms in total. The summed E-state index contributed by atoms with van der Waals surface area (Å²) in [4.78, 5) is 49.4. The number of esters is 1. The number of hydrogen-bond acceptors (Lipinski definition) is 6. The Hall–Kier alpha value is -1.89. The van der Waals surface area contributed by atoms with Gasteiger partial charge in [0.25, 0.3) is 11.8 Å². The topological polar surface area (TPSA) is 90.0 Å². The van der Waals surface area contributed by atoms with Gasteiger partial charge in [0.05, 0.1) is 12.8 Å². The molecule has 104 valence electrons. The smallest absolute Gasteiger partial charge is 0.336 e. The Morgan fingerprint density at radius 3 is 2.58 bits per heavy atom. The maximum absolute atomic E-state index is 11.3. The standard InChI is InChI=1S/C11H12ClNO6/c1-6(2)11(17)18-4-3-9(15)19-13-8(14)5-7(12)10(13)16/h7H,1,3-5H2,2H3. The Morgan fingerprint density at radius 1 is 1.47 bits per heavy atom. The summed E-state index contributed by atoms with van der Waals surface area (Å²) >= 11 is 5.53. The van der Waals surface area contributed by atoms with Crippen molar-refractivity contribution in [2.45, 2.75) is 25.1 Å². The van der Waals surface area contributed by atoms with Crippen LogP contribution in [0.1, 0.15) is 19.8 Å². The fourth-order valence-electron chi connectivity index (χ4n) is 1.17. The van der Waals surface area contributed by atoms with E-state index in [0.29, 0.717) is 5.06 Å². The molecule has 2 amide bonds. The third kappa shape index (κ3) is 4.06. The number of carbonyl (C=O) groups is 4. The summed E-state index contributed by atoms with van der Waals surface area (Å²) in [6.07, 6.45) is -0.499. The van der Waals surface area contributed by atoms with Gasteiger partial charge in [0, 0.05) is 5.57 Å². The van der Waals surface area contributed by atoms with Crippen molar-refractivity contribution in [1.29, 1.82) is 0 Å². The lowest BCUT2D eigenvalue weighted by Crippen LogP contribution is -2.34. The minimum Gasteiger partial charge on any atom is -0.462 e. The van der Waals surface area contributed by atoms with Crippen molar-refractivity contribution in [2.75, 3.05) is 6.61 Å². The third-order valence-corrected chi connectivity index (χ3v) is 2.47. The van der Waals surface area contributed by atoms with Gasteiger partial charge in [0.15, 0.2) is 0 Å². The average Bonchev–Trinajstić information content (AvgIpc) is 2.55. The van der Waals surface area contributed by atoms with E-state index in [1.165, 1.54) is 6.92 Å². The van der Waals surface area contributed by atoms with Gasteiger partial charge in [-0.15, -0.1) is 16.7 Å². The molecular weight excluding hydrogens is 278 g/mol. The second-order valence-electron chi connectivity index (χ2n) is 3.83. The summed E-state index contributed by atoms with van der Waals surface area (Å²) in [5.41, 5.74) is 0.197. The van der Waals surface area contributed by atoms with Crippen LogP contribution in [0, 0.1) is 0 Å². The first-order valence-electron chi connectivity index (χ1n) is 5.37. The maximum Gasteiger partial charge on any atom is 0.336 e. The molecule has 0 aromatic carbocycles. The highest BCUT2D eigenvalue weighted by Crippen LogP contribution is 2.18. The molecule has 0 radical (unpaired) electrons. The lowest BCUT2D eigenvalue weighted by Gasteiger charge is -2.12. The van der Waals surface area contributed by atoms with Gasteiger partial charge >= 0.3 is 11.9 Å². The van der Waals surface area contributed by atoms with Gasteiger partial charge in [-0.2, -0.15) is 0 Å². The van der Waals surface area contributed by atoms with Crippen LogP contribution in [-0.2, 0) is 28.8 Å². The fraction of sp³-hybridized carbons (Fsp3) is 0.455. The zero-order valence-electron chi connectivity index (χ0n) is 10.2. The lowest BCUT2D eigenvalue weighted by atomic mass is 10.4. The summed E-state index contributed by atoms with van der Waals surface area (Å²) in [7, 11) is 0. The molecule has 0 aliphatic carbocycles. The molecule has 1 aliphatic rings. The number of alkyl halides is 1. The minimum absolute atomic E-state index is 0.197. The zero-order chi connectivity index (χ0) is 14.6. The van der Waals surface area contributed by atoms with E-state index in [0.717, 1.165) is 0 Å². The molecule has 0 saturated carbocycles. The molecule has 8 heteroatoms. The quantitative estimate of drug-likeness (QED) is 0.313. The van der Waals surface area contributed by atoms with E-state index < -0.39 is 29.1 Å². The van der Waals surface area contributed by atoms with E-state index in [1.807, 2.05) is 0 Å². The molecule has 1 unspecified atom stereocenters. The number of amides is 2. The maximum atomic E-state index is 11.3. The molecule has 1 aliphatic heterocycles. The van der Waals surface area contributed by atoms with Crippen molar-refractivity contribution < 1.29 is 28.8 Å².